The lowest BCUT2D eigenvalue weighted by atomic mass is 10.2. The highest BCUT2D eigenvalue weighted by Gasteiger charge is 2.31. The number of anilines is 1. The third-order valence-electron chi connectivity index (χ3n) is 4.19. The van der Waals surface area contributed by atoms with Crippen molar-refractivity contribution < 1.29 is 14.3 Å². The van der Waals surface area contributed by atoms with Crippen LogP contribution in [0.1, 0.15) is 12.5 Å². The average molecular weight is 303 g/mol. The Bertz CT molecular complexity index is 568. The average Bonchev–Trinajstić information content (AvgIpc) is 2.98. The van der Waals surface area contributed by atoms with Gasteiger partial charge in [-0.3, -0.25) is 4.90 Å². The van der Waals surface area contributed by atoms with Crippen molar-refractivity contribution in [1.82, 2.24) is 9.80 Å². The number of ether oxygens (including phenoxy) is 1. The van der Waals surface area contributed by atoms with Crippen LogP contribution >= 0.6 is 0 Å². The molecule has 0 bridgehead atoms. The van der Waals surface area contributed by atoms with Crippen molar-refractivity contribution in [1.29, 1.82) is 0 Å². The minimum absolute atomic E-state index is 0.0356. The molecule has 0 unspecified atom stereocenters. The van der Waals surface area contributed by atoms with Crippen molar-refractivity contribution in [3.8, 4) is 0 Å². The largest absolute Gasteiger partial charge is 0.450 e. The first-order valence-corrected chi connectivity index (χ1v) is 7.76. The Kier molecular flexibility index (Phi) is 4.18. The van der Waals surface area contributed by atoms with Crippen LogP contribution in [0.25, 0.3) is 0 Å². The molecule has 2 aliphatic heterocycles. The SMILES string of the molecule is CCOC(=O)N1CCN(C(=O)N2CCc3ccccc32)CC1. The van der Waals surface area contributed by atoms with E-state index in [2.05, 4.69) is 6.07 Å². The van der Waals surface area contributed by atoms with E-state index >= 15 is 0 Å². The molecule has 6 nitrogen and oxygen atoms in total. The number of amides is 3. The van der Waals surface area contributed by atoms with Crippen LogP contribution in [0.5, 0.6) is 0 Å². The quantitative estimate of drug-likeness (QED) is 0.797. The molecule has 1 aromatic carbocycles. The van der Waals surface area contributed by atoms with Crippen LogP contribution in [0.3, 0.4) is 0 Å². The van der Waals surface area contributed by atoms with E-state index in [-0.39, 0.29) is 12.1 Å². The Morgan fingerprint density at radius 1 is 1.05 bits per heavy atom. The number of hydrogen-bond acceptors (Lipinski definition) is 3. The molecule has 0 spiro atoms. The van der Waals surface area contributed by atoms with E-state index in [1.54, 1.807) is 11.8 Å². The summed E-state index contributed by atoms with van der Waals surface area (Å²) >= 11 is 0. The van der Waals surface area contributed by atoms with Crippen LogP contribution in [-0.2, 0) is 11.2 Å². The highest BCUT2D eigenvalue weighted by molar-refractivity contribution is 5.94. The Morgan fingerprint density at radius 3 is 2.45 bits per heavy atom. The van der Waals surface area contributed by atoms with Crippen LogP contribution in [-0.4, -0.2) is 61.3 Å². The molecular formula is C16H21N3O3. The standard InChI is InChI=1S/C16H21N3O3/c1-2-22-16(21)18-11-9-17(10-12-18)15(20)19-8-7-13-5-3-4-6-14(13)19/h3-6H,2,7-12H2,1H3. The van der Waals surface area contributed by atoms with Gasteiger partial charge in [0.2, 0.25) is 0 Å². The molecule has 0 aromatic heterocycles. The summed E-state index contributed by atoms with van der Waals surface area (Å²) in [5, 5.41) is 0. The maximum Gasteiger partial charge on any atom is 0.409 e. The molecule has 22 heavy (non-hydrogen) atoms. The number of benzene rings is 1. The number of piperazine rings is 1. The van der Waals surface area contributed by atoms with Crippen molar-refractivity contribution in [2.24, 2.45) is 0 Å². The van der Waals surface area contributed by atoms with Gasteiger partial charge in [-0.2, -0.15) is 0 Å². The first-order valence-electron chi connectivity index (χ1n) is 7.76. The fourth-order valence-electron chi connectivity index (χ4n) is 3.00. The maximum atomic E-state index is 12.7. The summed E-state index contributed by atoms with van der Waals surface area (Å²) < 4.78 is 5.00. The lowest BCUT2D eigenvalue weighted by molar-refractivity contribution is 0.0861. The van der Waals surface area contributed by atoms with Crippen molar-refractivity contribution in [2.75, 3.05) is 44.2 Å². The minimum atomic E-state index is -0.291. The molecule has 1 aromatic rings. The molecule has 0 radical (unpaired) electrons. The third kappa shape index (κ3) is 2.73. The van der Waals surface area contributed by atoms with Gasteiger partial charge in [-0.05, 0) is 25.0 Å². The number of carbonyl (C=O) groups is 2. The van der Waals surface area contributed by atoms with Crippen LogP contribution < -0.4 is 4.90 Å². The lowest BCUT2D eigenvalue weighted by Gasteiger charge is -2.36. The van der Waals surface area contributed by atoms with Gasteiger partial charge < -0.3 is 14.5 Å². The van der Waals surface area contributed by atoms with Gasteiger partial charge in [-0.1, -0.05) is 18.2 Å². The summed E-state index contributed by atoms with van der Waals surface area (Å²) in [6.07, 6.45) is 0.617. The van der Waals surface area contributed by atoms with E-state index in [0.29, 0.717) is 32.8 Å². The molecule has 6 heteroatoms. The van der Waals surface area contributed by atoms with E-state index < -0.39 is 0 Å². The fraction of sp³-hybridized carbons (Fsp3) is 0.500. The van der Waals surface area contributed by atoms with Crippen LogP contribution in [0, 0.1) is 0 Å². The lowest BCUT2D eigenvalue weighted by Crippen LogP contribution is -2.54. The molecule has 3 amide bonds. The number of para-hydroxylation sites is 1. The van der Waals surface area contributed by atoms with Crippen molar-refractivity contribution in [3.63, 3.8) is 0 Å². The molecule has 2 heterocycles. The smallest absolute Gasteiger partial charge is 0.409 e. The van der Waals surface area contributed by atoms with Crippen LogP contribution in [0.15, 0.2) is 24.3 Å². The number of hydrogen-bond donors (Lipinski definition) is 0. The molecule has 118 valence electrons. The first-order chi connectivity index (χ1) is 10.7. The topological polar surface area (TPSA) is 53.1 Å². The molecule has 0 aliphatic carbocycles. The maximum absolute atomic E-state index is 12.7. The van der Waals surface area contributed by atoms with Gasteiger partial charge in [0, 0.05) is 38.4 Å². The zero-order chi connectivity index (χ0) is 15.5. The second kappa shape index (κ2) is 6.25. The van der Waals surface area contributed by atoms with E-state index in [1.165, 1.54) is 5.56 Å². The molecule has 0 atom stereocenters. The van der Waals surface area contributed by atoms with Crippen molar-refractivity contribution in [3.05, 3.63) is 29.8 Å². The summed E-state index contributed by atoms with van der Waals surface area (Å²) in [4.78, 5) is 29.7. The Balaban J connectivity index is 1.60. The number of carbonyl (C=O) groups excluding carboxylic acids is 2. The van der Waals surface area contributed by atoms with Gasteiger partial charge in [0.05, 0.1) is 6.61 Å². The Hall–Kier alpha value is -2.24. The Morgan fingerprint density at radius 2 is 1.73 bits per heavy atom. The molecule has 0 saturated carbocycles. The molecule has 1 fully saturated rings. The van der Waals surface area contributed by atoms with E-state index in [1.807, 2.05) is 28.0 Å². The van der Waals surface area contributed by atoms with Crippen molar-refractivity contribution >= 4 is 17.8 Å². The molecule has 3 rings (SSSR count). The van der Waals surface area contributed by atoms with Gasteiger partial charge in [0.1, 0.15) is 0 Å². The summed E-state index contributed by atoms with van der Waals surface area (Å²) in [6.45, 7) is 5.06. The fourth-order valence-corrected chi connectivity index (χ4v) is 3.00. The Labute approximate surface area is 130 Å². The number of fused-ring (bicyclic) bond motifs is 1. The van der Waals surface area contributed by atoms with E-state index in [9.17, 15) is 9.59 Å². The van der Waals surface area contributed by atoms with Gasteiger partial charge in [-0.15, -0.1) is 0 Å². The third-order valence-corrected chi connectivity index (χ3v) is 4.19. The predicted molar refractivity (Wildman–Crippen MR) is 83.1 cm³/mol. The highest BCUT2D eigenvalue weighted by Crippen LogP contribution is 2.28. The second-order valence-electron chi connectivity index (χ2n) is 5.49. The molecular weight excluding hydrogens is 282 g/mol. The number of urea groups is 1. The van der Waals surface area contributed by atoms with Gasteiger partial charge in [0.25, 0.3) is 0 Å². The zero-order valence-electron chi connectivity index (χ0n) is 12.8. The summed E-state index contributed by atoms with van der Waals surface area (Å²) in [7, 11) is 0. The van der Waals surface area contributed by atoms with Crippen molar-refractivity contribution in [2.45, 2.75) is 13.3 Å². The second-order valence-corrected chi connectivity index (χ2v) is 5.49. The van der Waals surface area contributed by atoms with Gasteiger partial charge in [0.15, 0.2) is 0 Å². The van der Waals surface area contributed by atoms with Crippen LogP contribution in [0.4, 0.5) is 15.3 Å². The molecule has 1 saturated heterocycles. The number of rotatable bonds is 1. The highest BCUT2D eigenvalue weighted by atomic mass is 16.6. The predicted octanol–water partition coefficient (Wildman–Crippen LogP) is 1.94. The zero-order valence-corrected chi connectivity index (χ0v) is 12.8. The summed E-state index contributed by atoms with van der Waals surface area (Å²) in [5.74, 6) is 0. The van der Waals surface area contributed by atoms with E-state index in [0.717, 1.165) is 18.7 Å². The monoisotopic (exact) mass is 303 g/mol. The van der Waals surface area contributed by atoms with Crippen LogP contribution in [0.2, 0.25) is 0 Å². The van der Waals surface area contributed by atoms with Gasteiger partial charge in [-0.25, -0.2) is 9.59 Å². The number of nitrogens with zero attached hydrogens (tertiary/aromatic N) is 3. The summed E-state index contributed by atoms with van der Waals surface area (Å²) in [6, 6.07) is 8.07. The summed E-state index contributed by atoms with van der Waals surface area (Å²) in [5.41, 5.74) is 2.24. The first kappa shape index (κ1) is 14.7. The minimum Gasteiger partial charge on any atom is -0.450 e. The molecule has 0 N–H and O–H groups in total. The normalized spacial score (nSPS) is 17.4. The van der Waals surface area contributed by atoms with E-state index in [4.69, 9.17) is 4.74 Å². The van der Waals surface area contributed by atoms with Gasteiger partial charge >= 0.3 is 12.1 Å². The molecule has 2 aliphatic rings.